The van der Waals surface area contributed by atoms with Crippen molar-refractivity contribution < 1.29 is 9.72 Å². The molecule has 2 heterocycles. The summed E-state index contributed by atoms with van der Waals surface area (Å²) in [5.41, 5.74) is 1.12. The largest absolute Gasteiger partial charge is 0.362 e. The summed E-state index contributed by atoms with van der Waals surface area (Å²) in [6.45, 7) is 1.93. The summed E-state index contributed by atoms with van der Waals surface area (Å²) in [4.78, 5) is 30.6. The van der Waals surface area contributed by atoms with Crippen LogP contribution >= 0.6 is 11.6 Å². The number of nitrogens with one attached hydrogen (secondary N) is 1. The van der Waals surface area contributed by atoms with Crippen LogP contribution < -0.4 is 10.2 Å². The van der Waals surface area contributed by atoms with Crippen LogP contribution in [0.2, 0.25) is 5.02 Å². The predicted molar refractivity (Wildman–Crippen MR) is 95.1 cm³/mol. The SMILES string of the molecule is O=C(Nc1cccnc1)N1CCN(c2ccc(Cl)cc2[N+](=O)[O-])CC1. The number of nitro groups is 1. The maximum Gasteiger partial charge on any atom is 0.322 e. The normalized spacial score (nSPS) is 14.3. The highest BCUT2D eigenvalue weighted by Crippen LogP contribution is 2.31. The van der Waals surface area contributed by atoms with Crippen LogP contribution in [0, 0.1) is 10.1 Å². The Bertz CT molecular complexity index is 779. The van der Waals surface area contributed by atoms with Crippen LogP contribution in [0.3, 0.4) is 0 Å². The molecular formula is C16H16ClN5O3. The monoisotopic (exact) mass is 361 g/mol. The second-order valence-corrected chi connectivity index (χ2v) is 5.97. The quantitative estimate of drug-likeness (QED) is 0.670. The second-order valence-electron chi connectivity index (χ2n) is 5.54. The number of hydrogen-bond donors (Lipinski definition) is 1. The topological polar surface area (TPSA) is 91.6 Å². The Hall–Kier alpha value is -2.87. The van der Waals surface area contributed by atoms with Gasteiger partial charge in [-0.1, -0.05) is 11.6 Å². The molecular weight excluding hydrogens is 346 g/mol. The van der Waals surface area contributed by atoms with Crippen LogP contribution in [0.4, 0.5) is 21.9 Å². The van der Waals surface area contributed by atoms with Gasteiger partial charge in [0.15, 0.2) is 0 Å². The molecule has 8 nitrogen and oxygen atoms in total. The van der Waals surface area contributed by atoms with Crippen molar-refractivity contribution in [2.45, 2.75) is 0 Å². The number of hydrogen-bond acceptors (Lipinski definition) is 5. The van der Waals surface area contributed by atoms with Crippen molar-refractivity contribution >= 4 is 34.7 Å². The molecule has 0 unspecified atom stereocenters. The number of piperazine rings is 1. The van der Waals surface area contributed by atoms with Crippen molar-refractivity contribution in [2.75, 3.05) is 36.4 Å². The summed E-state index contributed by atoms with van der Waals surface area (Å²) in [5, 5.41) is 14.3. The Morgan fingerprint density at radius 1 is 1.24 bits per heavy atom. The molecule has 1 aromatic heterocycles. The van der Waals surface area contributed by atoms with E-state index in [-0.39, 0.29) is 11.7 Å². The number of anilines is 2. The molecule has 0 aliphatic carbocycles. The molecule has 2 aromatic rings. The third kappa shape index (κ3) is 3.97. The molecule has 0 atom stereocenters. The van der Waals surface area contributed by atoms with Gasteiger partial charge >= 0.3 is 6.03 Å². The first-order valence-electron chi connectivity index (χ1n) is 7.69. The zero-order chi connectivity index (χ0) is 17.8. The third-order valence-electron chi connectivity index (χ3n) is 3.95. The van der Waals surface area contributed by atoms with E-state index in [1.165, 1.54) is 6.07 Å². The highest BCUT2D eigenvalue weighted by Gasteiger charge is 2.26. The fraction of sp³-hybridized carbons (Fsp3) is 0.250. The minimum atomic E-state index is -0.442. The van der Waals surface area contributed by atoms with E-state index in [1.54, 1.807) is 41.6 Å². The number of aromatic nitrogens is 1. The fourth-order valence-electron chi connectivity index (χ4n) is 2.70. The van der Waals surface area contributed by atoms with E-state index in [4.69, 9.17) is 11.6 Å². The van der Waals surface area contributed by atoms with Gasteiger partial charge in [0.05, 0.1) is 16.8 Å². The first kappa shape index (κ1) is 17.0. The van der Waals surface area contributed by atoms with Gasteiger partial charge in [0.1, 0.15) is 5.69 Å². The number of amides is 2. The van der Waals surface area contributed by atoms with E-state index in [0.717, 1.165) is 0 Å². The number of pyridine rings is 1. The van der Waals surface area contributed by atoms with Crippen molar-refractivity contribution in [3.05, 3.63) is 57.9 Å². The molecule has 0 spiro atoms. The minimum Gasteiger partial charge on any atom is -0.362 e. The molecule has 1 N–H and O–H groups in total. The summed E-state index contributed by atoms with van der Waals surface area (Å²) in [5.74, 6) is 0. The molecule has 1 aromatic carbocycles. The molecule has 2 amide bonds. The highest BCUT2D eigenvalue weighted by atomic mass is 35.5. The number of urea groups is 1. The third-order valence-corrected chi connectivity index (χ3v) is 4.19. The predicted octanol–water partition coefficient (Wildman–Crippen LogP) is 3.00. The van der Waals surface area contributed by atoms with Gasteiger partial charge in [-0.15, -0.1) is 0 Å². The smallest absolute Gasteiger partial charge is 0.322 e. The number of nitro benzene ring substituents is 1. The van der Waals surface area contributed by atoms with E-state index in [1.807, 2.05) is 4.90 Å². The Morgan fingerprint density at radius 3 is 2.64 bits per heavy atom. The van der Waals surface area contributed by atoms with E-state index < -0.39 is 4.92 Å². The fourth-order valence-corrected chi connectivity index (χ4v) is 2.87. The van der Waals surface area contributed by atoms with Crippen molar-refractivity contribution in [3.8, 4) is 0 Å². The summed E-state index contributed by atoms with van der Waals surface area (Å²) in [6, 6.07) is 7.92. The Balaban J connectivity index is 1.64. The van der Waals surface area contributed by atoms with Crippen LogP contribution in [-0.2, 0) is 0 Å². The lowest BCUT2D eigenvalue weighted by Gasteiger charge is -2.35. The van der Waals surface area contributed by atoms with Crippen LogP contribution in [0.5, 0.6) is 0 Å². The molecule has 3 rings (SSSR count). The number of rotatable bonds is 3. The molecule has 0 radical (unpaired) electrons. The lowest BCUT2D eigenvalue weighted by Crippen LogP contribution is -2.50. The lowest BCUT2D eigenvalue weighted by molar-refractivity contribution is -0.384. The van der Waals surface area contributed by atoms with Gasteiger partial charge in [0, 0.05) is 43.5 Å². The Kier molecular flexibility index (Phi) is 4.99. The van der Waals surface area contributed by atoms with E-state index in [9.17, 15) is 14.9 Å². The van der Waals surface area contributed by atoms with Gasteiger partial charge in [-0.25, -0.2) is 4.79 Å². The molecule has 1 fully saturated rings. The van der Waals surface area contributed by atoms with Gasteiger partial charge < -0.3 is 15.1 Å². The van der Waals surface area contributed by atoms with Crippen molar-refractivity contribution in [1.82, 2.24) is 9.88 Å². The standard InChI is InChI=1S/C16H16ClN5O3/c17-12-3-4-14(15(10-12)22(24)25)20-6-8-21(9-7-20)16(23)19-13-2-1-5-18-11-13/h1-5,10-11H,6-9H2,(H,19,23). The van der Waals surface area contributed by atoms with E-state index >= 15 is 0 Å². The number of carbonyl (C=O) groups is 1. The van der Waals surface area contributed by atoms with Crippen LogP contribution in [0.25, 0.3) is 0 Å². The highest BCUT2D eigenvalue weighted by molar-refractivity contribution is 6.30. The first-order chi connectivity index (χ1) is 12.0. The van der Waals surface area contributed by atoms with Crippen molar-refractivity contribution in [1.29, 1.82) is 0 Å². The summed E-state index contributed by atoms with van der Waals surface area (Å²) in [6.07, 6.45) is 3.21. The van der Waals surface area contributed by atoms with Gasteiger partial charge in [-0.3, -0.25) is 15.1 Å². The molecule has 1 aliphatic rings. The van der Waals surface area contributed by atoms with Crippen molar-refractivity contribution in [3.63, 3.8) is 0 Å². The van der Waals surface area contributed by atoms with Crippen LogP contribution in [0.1, 0.15) is 0 Å². The number of halogens is 1. The number of benzene rings is 1. The lowest BCUT2D eigenvalue weighted by atomic mass is 10.2. The maximum atomic E-state index is 12.3. The molecule has 1 saturated heterocycles. The summed E-state index contributed by atoms with van der Waals surface area (Å²) < 4.78 is 0. The molecule has 25 heavy (non-hydrogen) atoms. The summed E-state index contributed by atoms with van der Waals surface area (Å²) in [7, 11) is 0. The second kappa shape index (κ2) is 7.35. The Labute approximate surface area is 149 Å². The van der Waals surface area contributed by atoms with Gasteiger partial charge in [-0.05, 0) is 24.3 Å². The molecule has 0 bridgehead atoms. The van der Waals surface area contributed by atoms with E-state index in [0.29, 0.717) is 42.6 Å². The Morgan fingerprint density at radius 2 is 2.00 bits per heavy atom. The molecule has 0 saturated carbocycles. The molecule has 9 heteroatoms. The van der Waals surface area contributed by atoms with Crippen LogP contribution in [-0.4, -0.2) is 47.0 Å². The zero-order valence-electron chi connectivity index (χ0n) is 13.3. The van der Waals surface area contributed by atoms with Gasteiger partial charge in [0.2, 0.25) is 0 Å². The average Bonchev–Trinajstić information content (AvgIpc) is 2.62. The maximum absolute atomic E-state index is 12.3. The number of carbonyl (C=O) groups excluding carboxylic acids is 1. The summed E-state index contributed by atoms with van der Waals surface area (Å²) >= 11 is 5.85. The van der Waals surface area contributed by atoms with Crippen LogP contribution in [0.15, 0.2) is 42.7 Å². The van der Waals surface area contributed by atoms with E-state index in [2.05, 4.69) is 10.3 Å². The zero-order valence-corrected chi connectivity index (χ0v) is 14.0. The molecule has 1 aliphatic heterocycles. The molecule has 130 valence electrons. The van der Waals surface area contributed by atoms with Crippen molar-refractivity contribution in [2.24, 2.45) is 0 Å². The van der Waals surface area contributed by atoms with Gasteiger partial charge in [-0.2, -0.15) is 0 Å². The first-order valence-corrected chi connectivity index (χ1v) is 8.07. The minimum absolute atomic E-state index is 0.0271. The number of nitrogens with zero attached hydrogens (tertiary/aromatic N) is 4. The van der Waals surface area contributed by atoms with Gasteiger partial charge in [0.25, 0.3) is 5.69 Å². The average molecular weight is 362 g/mol.